The molecule has 1 rings (SSSR count). The van der Waals surface area contributed by atoms with Crippen LogP contribution in [0.15, 0.2) is 0 Å². The highest BCUT2D eigenvalue weighted by Crippen LogP contribution is 2.84. The van der Waals surface area contributed by atoms with E-state index >= 15 is 0 Å². The molecule has 1 fully saturated rings. The van der Waals surface area contributed by atoms with E-state index in [-0.39, 0.29) is 6.42 Å². The molecule has 0 radical (unpaired) electrons. The lowest BCUT2D eigenvalue weighted by Crippen LogP contribution is -2.30. The molecule has 0 atom stereocenters. The number of halogens is 3. The third-order valence-electron chi connectivity index (χ3n) is 4.65. The quantitative estimate of drug-likeness (QED) is 0.591. The summed E-state index contributed by atoms with van der Waals surface area (Å²) in [6.07, 6.45) is -3.90. The molecule has 0 unspecified atom stereocenters. The highest BCUT2D eigenvalue weighted by atomic mass is 19.4. The predicted octanol–water partition coefficient (Wildman–Crippen LogP) is 4.01. The first kappa shape index (κ1) is 10.9. The van der Waals surface area contributed by atoms with Crippen molar-refractivity contribution < 1.29 is 13.2 Å². The highest BCUT2D eigenvalue weighted by Gasteiger charge is 2.86. The lowest BCUT2D eigenvalue weighted by atomic mass is 9.91. The summed E-state index contributed by atoms with van der Waals surface area (Å²) in [5.41, 5.74) is -2.74. The van der Waals surface area contributed by atoms with E-state index in [4.69, 9.17) is 0 Å². The lowest BCUT2D eigenvalue weighted by Gasteiger charge is -2.23. The van der Waals surface area contributed by atoms with Crippen LogP contribution in [-0.2, 0) is 0 Å². The molecule has 1 aliphatic carbocycles. The van der Waals surface area contributed by atoms with Gasteiger partial charge < -0.3 is 0 Å². The summed E-state index contributed by atoms with van der Waals surface area (Å²) in [5, 5.41) is 0. The SMILES string of the molecule is CCC1(C(F)(F)F)C(C)(C)C1(C)C. The van der Waals surface area contributed by atoms with Gasteiger partial charge in [0.1, 0.15) is 0 Å². The van der Waals surface area contributed by atoms with Crippen molar-refractivity contribution in [3.63, 3.8) is 0 Å². The van der Waals surface area contributed by atoms with Crippen molar-refractivity contribution in [3.05, 3.63) is 0 Å². The molecule has 78 valence electrons. The summed E-state index contributed by atoms with van der Waals surface area (Å²) in [6.45, 7) is 8.48. The van der Waals surface area contributed by atoms with Gasteiger partial charge in [-0.2, -0.15) is 13.2 Å². The summed E-state index contributed by atoms with van der Waals surface area (Å²) in [6, 6.07) is 0. The Balaban J connectivity index is 3.16. The second kappa shape index (κ2) is 2.23. The molecule has 0 saturated heterocycles. The van der Waals surface area contributed by atoms with Crippen molar-refractivity contribution in [2.24, 2.45) is 16.2 Å². The van der Waals surface area contributed by atoms with Crippen LogP contribution < -0.4 is 0 Å². The van der Waals surface area contributed by atoms with Crippen LogP contribution in [0.2, 0.25) is 0 Å². The van der Waals surface area contributed by atoms with Gasteiger partial charge in [-0.15, -0.1) is 0 Å². The Bertz CT molecular complexity index is 209. The topological polar surface area (TPSA) is 0 Å². The van der Waals surface area contributed by atoms with Crippen molar-refractivity contribution in [3.8, 4) is 0 Å². The maximum absolute atomic E-state index is 12.9. The molecule has 0 bridgehead atoms. The van der Waals surface area contributed by atoms with Gasteiger partial charge in [-0.1, -0.05) is 34.6 Å². The number of hydrogen-bond acceptors (Lipinski definition) is 0. The van der Waals surface area contributed by atoms with Crippen LogP contribution in [0.25, 0.3) is 0 Å². The summed E-state index contributed by atoms with van der Waals surface area (Å²) >= 11 is 0. The molecule has 0 aromatic carbocycles. The van der Waals surface area contributed by atoms with Crippen molar-refractivity contribution in [2.45, 2.75) is 47.2 Å². The van der Waals surface area contributed by atoms with Crippen LogP contribution in [0.3, 0.4) is 0 Å². The first-order valence-electron chi connectivity index (χ1n) is 4.63. The zero-order chi connectivity index (χ0) is 10.7. The van der Waals surface area contributed by atoms with Gasteiger partial charge in [0.2, 0.25) is 0 Å². The second-order valence-electron chi connectivity index (χ2n) is 5.01. The van der Waals surface area contributed by atoms with Crippen molar-refractivity contribution >= 4 is 0 Å². The Hall–Kier alpha value is -0.210. The summed E-state index contributed by atoms with van der Waals surface area (Å²) in [7, 11) is 0. The molecular formula is C10H17F3. The fraction of sp³-hybridized carbons (Fsp3) is 1.00. The Morgan fingerprint density at radius 2 is 1.23 bits per heavy atom. The number of rotatable bonds is 1. The van der Waals surface area contributed by atoms with Gasteiger partial charge in [-0.3, -0.25) is 0 Å². The first-order valence-corrected chi connectivity index (χ1v) is 4.63. The second-order valence-corrected chi connectivity index (χ2v) is 5.01. The number of alkyl halides is 3. The van der Waals surface area contributed by atoms with E-state index in [9.17, 15) is 13.2 Å². The molecule has 0 nitrogen and oxygen atoms in total. The molecule has 0 aromatic rings. The Labute approximate surface area is 77.5 Å². The minimum Gasteiger partial charge on any atom is -0.170 e. The molecule has 3 heteroatoms. The fourth-order valence-corrected chi connectivity index (χ4v) is 3.22. The van der Waals surface area contributed by atoms with Crippen LogP contribution in [-0.4, -0.2) is 6.18 Å². The fourth-order valence-electron chi connectivity index (χ4n) is 3.22. The lowest BCUT2D eigenvalue weighted by molar-refractivity contribution is -0.205. The molecular weight excluding hydrogens is 177 g/mol. The molecule has 0 N–H and O–H groups in total. The van der Waals surface area contributed by atoms with Gasteiger partial charge in [-0.25, -0.2) is 0 Å². The van der Waals surface area contributed by atoms with Crippen molar-refractivity contribution in [1.29, 1.82) is 0 Å². The van der Waals surface area contributed by atoms with Gasteiger partial charge in [0.15, 0.2) is 0 Å². The monoisotopic (exact) mass is 194 g/mol. The van der Waals surface area contributed by atoms with Gasteiger partial charge >= 0.3 is 6.18 Å². The molecule has 0 amide bonds. The van der Waals surface area contributed by atoms with Gasteiger partial charge in [0.25, 0.3) is 0 Å². The van der Waals surface area contributed by atoms with Gasteiger partial charge in [0.05, 0.1) is 5.41 Å². The van der Waals surface area contributed by atoms with Gasteiger partial charge in [-0.05, 0) is 17.3 Å². The van der Waals surface area contributed by atoms with Gasteiger partial charge in [0, 0.05) is 0 Å². The van der Waals surface area contributed by atoms with Crippen LogP contribution in [0.5, 0.6) is 0 Å². The summed E-state index contributed by atoms with van der Waals surface area (Å²) in [4.78, 5) is 0. The van der Waals surface area contributed by atoms with E-state index in [0.29, 0.717) is 0 Å². The van der Waals surface area contributed by atoms with Crippen molar-refractivity contribution in [1.82, 2.24) is 0 Å². The largest absolute Gasteiger partial charge is 0.395 e. The average Bonchev–Trinajstić information content (AvgIpc) is 2.18. The number of hydrogen-bond donors (Lipinski definition) is 0. The zero-order valence-electron chi connectivity index (χ0n) is 8.84. The Kier molecular flexibility index (Phi) is 1.87. The third-order valence-corrected chi connectivity index (χ3v) is 4.65. The molecule has 13 heavy (non-hydrogen) atoms. The Morgan fingerprint density at radius 1 is 0.923 bits per heavy atom. The molecule has 0 aliphatic heterocycles. The normalized spacial score (nSPS) is 28.6. The molecule has 0 aromatic heterocycles. The maximum atomic E-state index is 12.9. The smallest absolute Gasteiger partial charge is 0.170 e. The van der Waals surface area contributed by atoms with E-state index in [1.165, 1.54) is 0 Å². The van der Waals surface area contributed by atoms with Crippen LogP contribution in [0.1, 0.15) is 41.0 Å². The zero-order valence-corrected chi connectivity index (χ0v) is 8.84. The van der Waals surface area contributed by atoms with Crippen LogP contribution >= 0.6 is 0 Å². The maximum Gasteiger partial charge on any atom is 0.395 e. The predicted molar refractivity (Wildman–Crippen MR) is 46.3 cm³/mol. The van der Waals surface area contributed by atoms with E-state index in [0.717, 1.165) is 0 Å². The van der Waals surface area contributed by atoms with E-state index in [1.807, 2.05) is 0 Å². The van der Waals surface area contributed by atoms with E-state index in [2.05, 4.69) is 0 Å². The van der Waals surface area contributed by atoms with Crippen LogP contribution in [0, 0.1) is 16.2 Å². The van der Waals surface area contributed by atoms with E-state index < -0.39 is 22.4 Å². The summed E-state index contributed by atoms with van der Waals surface area (Å²) < 4.78 is 38.7. The Morgan fingerprint density at radius 3 is 1.23 bits per heavy atom. The minimum atomic E-state index is -4.07. The standard InChI is InChI=1S/C10H17F3/c1-6-9(10(11,12)13)7(2,3)8(9,4)5/h6H2,1-5H3. The van der Waals surface area contributed by atoms with Crippen molar-refractivity contribution in [2.75, 3.05) is 0 Å². The summed E-state index contributed by atoms with van der Waals surface area (Å²) in [5.74, 6) is 0. The van der Waals surface area contributed by atoms with Crippen LogP contribution in [0.4, 0.5) is 13.2 Å². The first-order chi connectivity index (χ1) is 5.56. The third kappa shape index (κ3) is 0.835. The van der Waals surface area contributed by atoms with E-state index in [1.54, 1.807) is 34.6 Å². The minimum absolute atomic E-state index is 0.177. The molecule has 0 heterocycles. The molecule has 1 saturated carbocycles. The molecule has 1 aliphatic rings. The highest BCUT2D eigenvalue weighted by molar-refractivity contribution is 5.25. The molecule has 0 spiro atoms. The average molecular weight is 194 g/mol.